The minimum absolute atomic E-state index is 0.622. The summed E-state index contributed by atoms with van der Waals surface area (Å²) in [5.74, 6) is 0.622. The summed E-state index contributed by atoms with van der Waals surface area (Å²) in [5, 5.41) is 0. The monoisotopic (exact) mass is 407 g/mol. The van der Waals surface area contributed by atoms with E-state index in [9.17, 15) is 0 Å². The molecule has 0 saturated carbocycles. The topological polar surface area (TPSA) is 26.0 Å². The number of rotatable bonds is 23. The number of unbranched alkanes of at least 4 members (excludes halogenated alkanes) is 15. The molecule has 0 spiro atoms. The van der Waals surface area contributed by atoms with Gasteiger partial charge in [-0.2, -0.15) is 0 Å². The van der Waals surface area contributed by atoms with Crippen molar-refractivity contribution in [1.29, 1.82) is 0 Å². The maximum atomic E-state index is 6.16. The van der Waals surface area contributed by atoms with Gasteiger partial charge in [0.05, 0.1) is 0 Å². The third kappa shape index (κ3) is 20.7. The van der Waals surface area contributed by atoms with Crippen LogP contribution in [0.5, 0.6) is 0 Å². The molecular formula is C28H57N. The summed E-state index contributed by atoms with van der Waals surface area (Å²) in [7, 11) is 0. The van der Waals surface area contributed by atoms with Gasteiger partial charge in [0.25, 0.3) is 0 Å². The summed E-state index contributed by atoms with van der Waals surface area (Å²) in [6.07, 6.45) is 31.7. The van der Waals surface area contributed by atoms with Crippen LogP contribution in [-0.2, 0) is 0 Å². The van der Waals surface area contributed by atoms with Crippen molar-refractivity contribution in [2.75, 3.05) is 6.54 Å². The van der Waals surface area contributed by atoms with Gasteiger partial charge in [0.2, 0.25) is 0 Å². The van der Waals surface area contributed by atoms with Gasteiger partial charge in [0.1, 0.15) is 0 Å². The van der Waals surface area contributed by atoms with E-state index in [4.69, 9.17) is 5.73 Å². The van der Waals surface area contributed by atoms with Gasteiger partial charge in [0, 0.05) is 0 Å². The highest BCUT2D eigenvalue weighted by molar-refractivity contribution is 5.05. The molecule has 0 radical (unpaired) electrons. The van der Waals surface area contributed by atoms with E-state index in [2.05, 4.69) is 26.8 Å². The molecule has 0 bridgehead atoms. The molecule has 0 aliphatic carbocycles. The van der Waals surface area contributed by atoms with E-state index >= 15 is 0 Å². The van der Waals surface area contributed by atoms with Crippen molar-refractivity contribution in [3.05, 3.63) is 11.6 Å². The van der Waals surface area contributed by atoms with Crippen LogP contribution in [0.3, 0.4) is 0 Å². The Kier molecular flexibility index (Phi) is 23.7. The van der Waals surface area contributed by atoms with E-state index in [-0.39, 0.29) is 0 Å². The fourth-order valence-corrected chi connectivity index (χ4v) is 4.35. The number of hydrogen-bond donors (Lipinski definition) is 1. The van der Waals surface area contributed by atoms with Crippen LogP contribution < -0.4 is 5.73 Å². The molecule has 0 saturated heterocycles. The van der Waals surface area contributed by atoms with Gasteiger partial charge in [-0.3, -0.25) is 0 Å². The lowest BCUT2D eigenvalue weighted by Gasteiger charge is -2.15. The molecule has 0 aliphatic rings. The summed E-state index contributed by atoms with van der Waals surface area (Å²) in [5.41, 5.74) is 7.89. The highest BCUT2D eigenvalue weighted by Gasteiger charge is 2.07. The number of hydrogen-bond acceptors (Lipinski definition) is 1. The molecule has 174 valence electrons. The molecule has 0 aromatic heterocycles. The smallest absolute Gasteiger partial charge is 0.00141 e. The van der Waals surface area contributed by atoms with Crippen LogP contribution in [0, 0.1) is 5.92 Å². The second-order valence-corrected chi connectivity index (χ2v) is 9.41. The molecule has 1 unspecified atom stereocenters. The Morgan fingerprint density at radius 1 is 0.552 bits per heavy atom. The average molecular weight is 408 g/mol. The van der Waals surface area contributed by atoms with Crippen molar-refractivity contribution in [1.82, 2.24) is 0 Å². The first-order valence-corrected chi connectivity index (χ1v) is 13.7. The summed E-state index contributed by atoms with van der Waals surface area (Å²) < 4.78 is 0. The quantitative estimate of drug-likeness (QED) is 0.132. The second kappa shape index (κ2) is 24.0. The number of allylic oxidation sites excluding steroid dienone is 1. The van der Waals surface area contributed by atoms with Gasteiger partial charge >= 0.3 is 0 Å². The lowest BCUT2D eigenvalue weighted by Crippen LogP contribution is -2.13. The Morgan fingerprint density at radius 2 is 0.931 bits per heavy atom. The zero-order chi connectivity index (χ0) is 21.4. The molecule has 29 heavy (non-hydrogen) atoms. The fourth-order valence-electron chi connectivity index (χ4n) is 4.35. The predicted molar refractivity (Wildman–Crippen MR) is 135 cm³/mol. The highest BCUT2D eigenvalue weighted by atomic mass is 14.5. The Hall–Kier alpha value is -0.300. The average Bonchev–Trinajstić information content (AvgIpc) is 2.74. The summed E-state index contributed by atoms with van der Waals surface area (Å²) in [6, 6.07) is 0. The number of nitrogens with two attached hydrogens (primary N) is 1. The molecule has 0 aromatic rings. The van der Waals surface area contributed by atoms with E-state index in [1.54, 1.807) is 5.57 Å². The van der Waals surface area contributed by atoms with Crippen LogP contribution in [0.25, 0.3) is 0 Å². The third-order valence-corrected chi connectivity index (χ3v) is 6.41. The highest BCUT2D eigenvalue weighted by Crippen LogP contribution is 2.22. The van der Waals surface area contributed by atoms with Crippen LogP contribution >= 0.6 is 0 Å². The molecule has 0 amide bonds. The first kappa shape index (κ1) is 28.7. The minimum Gasteiger partial charge on any atom is -0.330 e. The van der Waals surface area contributed by atoms with Crippen molar-refractivity contribution in [3.63, 3.8) is 0 Å². The first-order valence-electron chi connectivity index (χ1n) is 13.7. The van der Waals surface area contributed by atoms with Gasteiger partial charge in [0.15, 0.2) is 0 Å². The lowest BCUT2D eigenvalue weighted by atomic mass is 9.93. The van der Waals surface area contributed by atoms with Gasteiger partial charge in [-0.15, -0.1) is 0 Å². The van der Waals surface area contributed by atoms with E-state index in [0.29, 0.717) is 5.92 Å². The minimum atomic E-state index is 0.622. The third-order valence-electron chi connectivity index (χ3n) is 6.41. The predicted octanol–water partition coefficient (Wildman–Crippen LogP) is 9.74. The molecule has 1 heteroatoms. The second-order valence-electron chi connectivity index (χ2n) is 9.41. The van der Waals surface area contributed by atoms with Crippen molar-refractivity contribution in [3.8, 4) is 0 Å². The molecule has 0 fully saturated rings. The van der Waals surface area contributed by atoms with Crippen LogP contribution in [0.15, 0.2) is 11.6 Å². The van der Waals surface area contributed by atoms with Gasteiger partial charge < -0.3 is 5.73 Å². The van der Waals surface area contributed by atoms with Crippen LogP contribution in [0.1, 0.15) is 156 Å². The van der Waals surface area contributed by atoms with Gasteiger partial charge in [-0.1, -0.05) is 135 Å². The summed E-state index contributed by atoms with van der Waals surface area (Å²) in [6.45, 7) is 7.74. The Morgan fingerprint density at radius 3 is 1.34 bits per heavy atom. The van der Waals surface area contributed by atoms with Crippen molar-refractivity contribution >= 4 is 0 Å². The molecule has 0 aliphatic heterocycles. The maximum Gasteiger partial charge on any atom is -0.00141 e. The Balaban J connectivity index is 4.31. The van der Waals surface area contributed by atoms with E-state index in [1.165, 1.54) is 135 Å². The Bertz CT molecular complexity index is 315. The summed E-state index contributed by atoms with van der Waals surface area (Å²) in [4.78, 5) is 0. The van der Waals surface area contributed by atoms with E-state index in [1.807, 2.05) is 0 Å². The fraction of sp³-hybridized carbons (Fsp3) is 0.929. The van der Waals surface area contributed by atoms with E-state index in [0.717, 1.165) is 6.54 Å². The molecule has 2 N–H and O–H groups in total. The molecular weight excluding hydrogens is 350 g/mol. The lowest BCUT2D eigenvalue weighted by molar-refractivity contribution is 0.517. The zero-order valence-corrected chi connectivity index (χ0v) is 20.8. The molecule has 0 heterocycles. The normalized spacial score (nSPS) is 12.3. The van der Waals surface area contributed by atoms with Crippen LogP contribution in [-0.4, -0.2) is 6.54 Å². The van der Waals surface area contributed by atoms with Gasteiger partial charge in [-0.05, 0) is 44.6 Å². The summed E-state index contributed by atoms with van der Waals surface area (Å²) >= 11 is 0. The van der Waals surface area contributed by atoms with E-state index < -0.39 is 0 Å². The van der Waals surface area contributed by atoms with Gasteiger partial charge in [-0.25, -0.2) is 0 Å². The van der Waals surface area contributed by atoms with Crippen molar-refractivity contribution in [2.45, 2.75) is 156 Å². The SMILES string of the molecule is CCCCCCCCC(=CC(CN)CCCCCCCC)CCCCCCCC. The molecule has 1 atom stereocenters. The van der Waals surface area contributed by atoms with Crippen molar-refractivity contribution < 1.29 is 0 Å². The first-order chi connectivity index (χ1) is 14.3. The molecule has 0 aromatic carbocycles. The van der Waals surface area contributed by atoms with Crippen LogP contribution in [0.4, 0.5) is 0 Å². The molecule has 1 nitrogen and oxygen atoms in total. The molecule has 0 rings (SSSR count). The maximum absolute atomic E-state index is 6.16. The van der Waals surface area contributed by atoms with Crippen molar-refractivity contribution in [2.24, 2.45) is 11.7 Å². The zero-order valence-electron chi connectivity index (χ0n) is 20.8. The largest absolute Gasteiger partial charge is 0.330 e. The van der Waals surface area contributed by atoms with Crippen LogP contribution in [0.2, 0.25) is 0 Å². The Labute approximate surface area is 185 Å². The standard InChI is InChI=1S/C28H57N/c1-4-7-10-13-16-19-22-27(23-20-17-14-11-8-5-2)25-28(26-29)24-21-18-15-12-9-6-3/h25,28H,4-24,26,29H2,1-3H3.